The van der Waals surface area contributed by atoms with E-state index in [4.69, 9.17) is 10.2 Å². The number of imidazole rings is 1. The first-order chi connectivity index (χ1) is 16.7. The van der Waals surface area contributed by atoms with E-state index in [1.807, 2.05) is 24.3 Å². The number of amides is 1. The molecule has 0 aliphatic carbocycles. The number of nitrogens with one attached hydrogen (secondary N) is 1. The van der Waals surface area contributed by atoms with Crippen LogP contribution in [-0.4, -0.2) is 38.7 Å². The summed E-state index contributed by atoms with van der Waals surface area (Å²) in [6.07, 6.45) is 5.24. The van der Waals surface area contributed by atoms with Crippen LogP contribution in [0.5, 0.6) is 0 Å². The Morgan fingerprint density at radius 3 is 2.74 bits per heavy atom. The average molecular weight is 453 g/mol. The number of hydrogen-bond acceptors (Lipinski definition) is 4. The molecule has 1 atom stereocenters. The van der Waals surface area contributed by atoms with E-state index < -0.39 is 5.91 Å². The van der Waals surface area contributed by atoms with Crippen LogP contribution in [0.15, 0.2) is 84.9 Å². The fraction of sp³-hybridized carbons (Fsp3) is 0.214. The Morgan fingerprint density at radius 1 is 1.06 bits per heavy atom. The summed E-state index contributed by atoms with van der Waals surface area (Å²) in [5, 5.41) is 8.75. The molecule has 6 nitrogen and oxygen atoms in total. The fourth-order valence-corrected chi connectivity index (χ4v) is 4.84. The molecule has 2 N–H and O–H groups in total. The average Bonchev–Trinajstić information content (AvgIpc) is 3.28. The van der Waals surface area contributed by atoms with E-state index in [2.05, 4.69) is 64.1 Å². The molecule has 0 spiro atoms. The highest BCUT2D eigenvalue weighted by molar-refractivity contribution is 5.91. The minimum atomic E-state index is -0.557. The summed E-state index contributed by atoms with van der Waals surface area (Å²) in [6, 6.07) is 27.3. The number of carbonyl (C=O) groups is 1. The van der Waals surface area contributed by atoms with Gasteiger partial charge in [0.1, 0.15) is 5.82 Å². The van der Waals surface area contributed by atoms with E-state index in [1.165, 1.54) is 11.6 Å². The second kappa shape index (κ2) is 10.0. The Bertz CT molecular complexity index is 1310. The Hall–Kier alpha value is -3.74. The number of benzene rings is 3. The third-order valence-electron chi connectivity index (χ3n) is 6.37. The van der Waals surface area contributed by atoms with Crippen molar-refractivity contribution in [2.45, 2.75) is 25.4 Å². The monoisotopic (exact) mass is 452 g/mol. The molecular weight excluding hydrogens is 424 g/mol. The Morgan fingerprint density at radius 2 is 1.88 bits per heavy atom. The maximum Gasteiger partial charge on any atom is 0.267 e. The van der Waals surface area contributed by atoms with Crippen molar-refractivity contribution in [2.75, 3.05) is 13.1 Å². The topological polar surface area (TPSA) is 70.4 Å². The summed E-state index contributed by atoms with van der Waals surface area (Å²) >= 11 is 0. The molecule has 1 saturated heterocycles. The first kappa shape index (κ1) is 22.1. The van der Waals surface area contributed by atoms with Crippen LogP contribution in [0.2, 0.25) is 0 Å². The normalized spacial score (nSPS) is 16.8. The van der Waals surface area contributed by atoms with E-state index in [1.54, 1.807) is 11.6 Å². The van der Waals surface area contributed by atoms with Gasteiger partial charge in [0.15, 0.2) is 0 Å². The number of para-hydroxylation sites is 2. The molecule has 2 heterocycles. The second-order valence-electron chi connectivity index (χ2n) is 8.75. The van der Waals surface area contributed by atoms with Gasteiger partial charge in [-0.15, -0.1) is 0 Å². The van der Waals surface area contributed by atoms with E-state index in [0.29, 0.717) is 6.04 Å². The summed E-state index contributed by atoms with van der Waals surface area (Å²) in [5.41, 5.74) is 6.96. The van der Waals surface area contributed by atoms with Crippen molar-refractivity contribution in [3.05, 3.63) is 96.1 Å². The van der Waals surface area contributed by atoms with Gasteiger partial charge in [-0.2, -0.15) is 0 Å². The number of fused-ring (bicyclic) bond motifs is 1. The molecule has 1 fully saturated rings. The lowest BCUT2D eigenvalue weighted by atomic mass is 10.0. The van der Waals surface area contributed by atoms with Gasteiger partial charge in [0.25, 0.3) is 5.91 Å². The predicted molar refractivity (Wildman–Crippen MR) is 134 cm³/mol. The molecular formula is C28H28N4O2. The highest BCUT2D eigenvalue weighted by Gasteiger charge is 2.25. The lowest BCUT2D eigenvalue weighted by molar-refractivity contribution is -0.124. The van der Waals surface area contributed by atoms with Crippen molar-refractivity contribution >= 4 is 23.0 Å². The number of hydrogen-bond donors (Lipinski definition) is 2. The quantitative estimate of drug-likeness (QED) is 0.244. The zero-order valence-electron chi connectivity index (χ0n) is 19.0. The molecule has 0 saturated carbocycles. The zero-order chi connectivity index (χ0) is 23.3. The predicted octanol–water partition coefficient (Wildman–Crippen LogP) is 5.06. The number of hydroxylamine groups is 1. The van der Waals surface area contributed by atoms with Crippen molar-refractivity contribution in [3.8, 4) is 11.4 Å². The molecule has 1 amide bonds. The lowest BCUT2D eigenvalue weighted by Crippen LogP contribution is -2.36. The van der Waals surface area contributed by atoms with Crippen LogP contribution in [0.25, 0.3) is 28.5 Å². The van der Waals surface area contributed by atoms with Crippen molar-refractivity contribution in [1.29, 1.82) is 0 Å². The summed E-state index contributed by atoms with van der Waals surface area (Å²) in [5.74, 6) is 0.382. The van der Waals surface area contributed by atoms with Crippen LogP contribution >= 0.6 is 0 Å². The SMILES string of the molecule is O=C(/C=C/c1cccc(-c2nc3ccccc3n2C2CCCN(Cc3ccccc3)C2)c1)NO. The van der Waals surface area contributed by atoms with Gasteiger partial charge in [0.2, 0.25) is 0 Å². The first-order valence-electron chi connectivity index (χ1n) is 11.7. The van der Waals surface area contributed by atoms with Crippen LogP contribution in [0.4, 0.5) is 0 Å². The van der Waals surface area contributed by atoms with E-state index >= 15 is 0 Å². The maximum atomic E-state index is 11.4. The molecule has 4 aromatic rings. The smallest absolute Gasteiger partial charge is 0.267 e. The van der Waals surface area contributed by atoms with Crippen LogP contribution in [-0.2, 0) is 11.3 Å². The molecule has 5 rings (SSSR count). The molecule has 1 unspecified atom stereocenters. The van der Waals surface area contributed by atoms with Gasteiger partial charge in [0.05, 0.1) is 11.0 Å². The molecule has 0 bridgehead atoms. The van der Waals surface area contributed by atoms with Gasteiger partial charge in [-0.25, -0.2) is 10.5 Å². The molecule has 6 heteroatoms. The van der Waals surface area contributed by atoms with E-state index in [-0.39, 0.29) is 0 Å². The van der Waals surface area contributed by atoms with Gasteiger partial charge in [0, 0.05) is 30.8 Å². The number of rotatable bonds is 6. The molecule has 1 aliphatic rings. The lowest BCUT2D eigenvalue weighted by Gasteiger charge is -2.34. The van der Waals surface area contributed by atoms with Crippen molar-refractivity contribution in [3.63, 3.8) is 0 Å². The number of nitrogens with zero attached hydrogens (tertiary/aromatic N) is 3. The van der Waals surface area contributed by atoms with Crippen molar-refractivity contribution < 1.29 is 10.0 Å². The van der Waals surface area contributed by atoms with Crippen LogP contribution in [0.3, 0.4) is 0 Å². The number of piperidine rings is 1. The zero-order valence-corrected chi connectivity index (χ0v) is 19.0. The second-order valence-corrected chi connectivity index (χ2v) is 8.75. The van der Waals surface area contributed by atoms with Gasteiger partial charge < -0.3 is 4.57 Å². The van der Waals surface area contributed by atoms with Crippen molar-refractivity contribution in [2.24, 2.45) is 0 Å². The summed E-state index contributed by atoms with van der Waals surface area (Å²) in [7, 11) is 0. The Labute approximate surface area is 199 Å². The molecule has 0 radical (unpaired) electrons. The molecule has 172 valence electrons. The van der Waals surface area contributed by atoms with E-state index in [0.717, 1.165) is 60.5 Å². The molecule has 1 aliphatic heterocycles. The Balaban J connectivity index is 1.50. The highest BCUT2D eigenvalue weighted by Crippen LogP contribution is 2.33. The minimum Gasteiger partial charge on any atom is -0.320 e. The molecule has 34 heavy (non-hydrogen) atoms. The van der Waals surface area contributed by atoms with Gasteiger partial charge in [-0.3, -0.25) is 14.9 Å². The third kappa shape index (κ3) is 4.78. The van der Waals surface area contributed by atoms with Crippen LogP contribution < -0.4 is 5.48 Å². The number of aromatic nitrogens is 2. The summed E-state index contributed by atoms with van der Waals surface area (Å²) in [4.78, 5) is 19.0. The summed E-state index contributed by atoms with van der Waals surface area (Å²) in [6.45, 7) is 3.02. The minimum absolute atomic E-state index is 0.319. The standard InChI is InChI=1S/C28H28N4O2/c33-27(30-34)16-15-21-10-6-11-23(18-21)28-29-25-13-4-5-14-26(25)32(28)24-12-7-17-31(20-24)19-22-8-2-1-3-9-22/h1-6,8-11,13-16,18,24,34H,7,12,17,19-20H2,(H,30,33)/b16-15+. The molecule has 3 aromatic carbocycles. The van der Waals surface area contributed by atoms with Gasteiger partial charge in [-0.05, 0) is 54.8 Å². The number of carbonyl (C=O) groups excluding carboxylic acids is 1. The number of likely N-dealkylation sites (tertiary alicyclic amines) is 1. The van der Waals surface area contributed by atoms with Gasteiger partial charge >= 0.3 is 0 Å². The van der Waals surface area contributed by atoms with Crippen LogP contribution in [0.1, 0.15) is 30.0 Å². The largest absolute Gasteiger partial charge is 0.320 e. The van der Waals surface area contributed by atoms with Crippen molar-refractivity contribution in [1.82, 2.24) is 19.9 Å². The fourth-order valence-electron chi connectivity index (χ4n) is 4.84. The Kier molecular flexibility index (Phi) is 6.51. The maximum absolute atomic E-state index is 11.4. The van der Waals surface area contributed by atoms with Crippen LogP contribution in [0, 0.1) is 0 Å². The highest BCUT2D eigenvalue weighted by atomic mass is 16.5. The summed E-state index contributed by atoms with van der Waals surface area (Å²) < 4.78 is 2.40. The van der Waals surface area contributed by atoms with Gasteiger partial charge in [-0.1, -0.05) is 60.7 Å². The van der Waals surface area contributed by atoms with E-state index in [9.17, 15) is 4.79 Å². The first-order valence-corrected chi connectivity index (χ1v) is 11.7. The molecule has 1 aromatic heterocycles. The third-order valence-corrected chi connectivity index (χ3v) is 6.37.